The van der Waals surface area contributed by atoms with E-state index < -0.39 is 4.92 Å². The standard InChI is InChI=1S/C15H21N3O3/c1-3-15(7-8-15)10-17-12-6-5-11(14(19)16-4-2)9-13(12)18(20)21/h5-6,9,17H,3-4,7-8,10H2,1-2H3,(H,16,19). The summed E-state index contributed by atoms with van der Waals surface area (Å²) in [6, 6.07) is 4.57. The average molecular weight is 291 g/mol. The molecule has 1 fully saturated rings. The van der Waals surface area contributed by atoms with Gasteiger partial charge in [-0.3, -0.25) is 14.9 Å². The van der Waals surface area contributed by atoms with Gasteiger partial charge in [0.2, 0.25) is 0 Å². The van der Waals surface area contributed by atoms with Crippen molar-refractivity contribution in [2.75, 3.05) is 18.4 Å². The summed E-state index contributed by atoms with van der Waals surface area (Å²) >= 11 is 0. The molecular weight excluding hydrogens is 270 g/mol. The second kappa shape index (κ2) is 6.11. The van der Waals surface area contributed by atoms with Crippen LogP contribution >= 0.6 is 0 Å². The normalized spacial score (nSPS) is 15.3. The van der Waals surface area contributed by atoms with Crippen LogP contribution in [0.25, 0.3) is 0 Å². The molecule has 114 valence electrons. The van der Waals surface area contributed by atoms with Gasteiger partial charge in [-0.25, -0.2) is 0 Å². The number of nitrogens with one attached hydrogen (secondary N) is 2. The van der Waals surface area contributed by atoms with Crippen molar-refractivity contribution in [2.24, 2.45) is 5.41 Å². The highest BCUT2D eigenvalue weighted by molar-refractivity contribution is 5.95. The molecule has 6 heteroatoms. The molecule has 2 rings (SSSR count). The average Bonchev–Trinajstić information content (AvgIpc) is 3.25. The highest BCUT2D eigenvalue weighted by Crippen LogP contribution is 2.48. The summed E-state index contributed by atoms with van der Waals surface area (Å²) in [7, 11) is 0. The Morgan fingerprint density at radius 1 is 1.38 bits per heavy atom. The number of amides is 1. The lowest BCUT2D eigenvalue weighted by molar-refractivity contribution is -0.384. The SMILES string of the molecule is CCNC(=O)c1ccc(NCC2(CC)CC2)c([N+](=O)[O-])c1. The van der Waals surface area contributed by atoms with E-state index in [0.29, 0.717) is 23.2 Å². The molecule has 0 aromatic heterocycles. The first kappa shape index (κ1) is 15.3. The van der Waals surface area contributed by atoms with Crippen molar-refractivity contribution in [2.45, 2.75) is 33.1 Å². The molecule has 0 atom stereocenters. The van der Waals surface area contributed by atoms with Crippen LogP contribution in [0.15, 0.2) is 18.2 Å². The number of carbonyl (C=O) groups is 1. The fourth-order valence-electron chi connectivity index (χ4n) is 2.35. The number of rotatable bonds is 7. The third-order valence-corrected chi connectivity index (χ3v) is 4.15. The molecular formula is C15H21N3O3. The lowest BCUT2D eigenvalue weighted by Crippen LogP contribution is -2.23. The predicted octanol–water partition coefficient (Wildman–Crippen LogP) is 2.95. The second-order valence-corrected chi connectivity index (χ2v) is 5.56. The van der Waals surface area contributed by atoms with Crippen LogP contribution in [-0.4, -0.2) is 23.9 Å². The van der Waals surface area contributed by atoms with Crippen molar-refractivity contribution in [3.05, 3.63) is 33.9 Å². The number of hydrogen-bond donors (Lipinski definition) is 2. The van der Waals surface area contributed by atoms with Gasteiger partial charge in [-0.05, 0) is 43.7 Å². The molecule has 0 unspecified atom stereocenters. The number of benzene rings is 1. The molecule has 21 heavy (non-hydrogen) atoms. The van der Waals surface area contributed by atoms with Gasteiger partial charge in [0.25, 0.3) is 11.6 Å². The van der Waals surface area contributed by atoms with Gasteiger partial charge in [-0.1, -0.05) is 6.92 Å². The van der Waals surface area contributed by atoms with E-state index in [9.17, 15) is 14.9 Å². The maximum atomic E-state index is 11.8. The van der Waals surface area contributed by atoms with Crippen molar-refractivity contribution in [3.8, 4) is 0 Å². The number of nitro benzene ring substituents is 1. The molecule has 1 saturated carbocycles. The summed E-state index contributed by atoms with van der Waals surface area (Å²) in [5, 5.41) is 17.0. The van der Waals surface area contributed by atoms with Crippen LogP contribution in [0.1, 0.15) is 43.5 Å². The van der Waals surface area contributed by atoms with Crippen molar-refractivity contribution in [1.29, 1.82) is 0 Å². The molecule has 0 saturated heterocycles. The third-order valence-electron chi connectivity index (χ3n) is 4.15. The molecule has 0 aliphatic heterocycles. The Balaban J connectivity index is 2.17. The molecule has 0 spiro atoms. The molecule has 1 aliphatic rings. The molecule has 0 heterocycles. The predicted molar refractivity (Wildman–Crippen MR) is 81.6 cm³/mol. The molecule has 0 bridgehead atoms. The monoisotopic (exact) mass is 291 g/mol. The number of nitrogens with zero attached hydrogens (tertiary/aromatic N) is 1. The molecule has 1 aromatic carbocycles. The maximum Gasteiger partial charge on any atom is 0.293 e. The van der Waals surface area contributed by atoms with Gasteiger partial charge in [-0.2, -0.15) is 0 Å². The summed E-state index contributed by atoms with van der Waals surface area (Å²) in [5.41, 5.74) is 1.04. The molecule has 6 nitrogen and oxygen atoms in total. The molecule has 1 amide bonds. The Kier molecular flexibility index (Phi) is 4.45. The Bertz CT molecular complexity index is 553. The molecule has 1 aliphatic carbocycles. The number of hydrogen-bond acceptors (Lipinski definition) is 4. The first-order valence-electron chi connectivity index (χ1n) is 7.32. The van der Waals surface area contributed by atoms with Gasteiger partial charge >= 0.3 is 0 Å². The second-order valence-electron chi connectivity index (χ2n) is 5.56. The molecule has 2 N–H and O–H groups in total. The fourth-order valence-corrected chi connectivity index (χ4v) is 2.35. The topological polar surface area (TPSA) is 84.3 Å². The van der Waals surface area contributed by atoms with Crippen molar-refractivity contribution < 1.29 is 9.72 Å². The smallest absolute Gasteiger partial charge is 0.293 e. The first-order chi connectivity index (χ1) is 10.0. The number of nitro groups is 1. The van der Waals surface area contributed by atoms with Crippen molar-refractivity contribution in [3.63, 3.8) is 0 Å². The Labute approximate surface area is 124 Å². The van der Waals surface area contributed by atoms with E-state index in [-0.39, 0.29) is 11.6 Å². The molecule has 0 radical (unpaired) electrons. The highest BCUT2D eigenvalue weighted by atomic mass is 16.6. The van der Waals surface area contributed by atoms with Crippen LogP contribution < -0.4 is 10.6 Å². The summed E-state index contributed by atoms with van der Waals surface area (Å²) in [6.45, 7) is 5.18. The van der Waals surface area contributed by atoms with Crippen molar-refractivity contribution >= 4 is 17.3 Å². The minimum Gasteiger partial charge on any atom is -0.379 e. The summed E-state index contributed by atoms with van der Waals surface area (Å²) in [6.07, 6.45) is 3.41. The zero-order valence-electron chi connectivity index (χ0n) is 12.4. The van der Waals surface area contributed by atoms with Crippen LogP contribution in [0.5, 0.6) is 0 Å². The Morgan fingerprint density at radius 2 is 2.10 bits per heavy atom. The lowest BCUT2D eigenvalue weighted by Gasteiger charge is -2.15. The Hall–Kier alpha value is -2.11. The van der Waals surface area contributed by atoms with E-state index in [4.69, 9.17) is 0 Å². The van der Waals surface area contributed by atoms with Crippen LogP contribution in [0.4, 0.5) is 11.4 Å². The zero-order valence-corrected chi connectivity index (χ0v) is 12.4. The number of carbonyl (C=O) groups excluding carboxylic acids is 1. The maximum absolute atomic E-state index is 11.8. The largest absolute Gasteiger partial charge is 0.379 e. The third kappa shape index (κ3) is 3.51. The van der Waals surface area contributed by atoms with E-state index >= 15 is 0 Å². The van der Waals surface area contributed by atoms with E-state index in [1.165, 1.54) is 18.9 Å². The summed E-state index contributed by atoms with van der Waals surface area (Å²) in [4.78, 5) is 22.5. The van der Waals surface area contributed by atoms with Gasteiger partial charge in [-0.15, -0.1) is 0 Å². The van der Waals surface area contributed by atoms with Gasteiger partial charge < -0.3 is 10.6 Å². The van der Waals surface area contributed by atoms with Gasteiger partial charge in [0.15, 0.2) is 0 Å². The van der Waals surface area contributed by atoms with E-state index in [2.05, 4.69) is 17.6 Å². The number of anilines is 1. The highest BCUT2D eigenvalue weighted by Gasteiger charge is 2.40. The quantitative estimate of drug-likeness (QED) is 0.597. The van der Waals surface area contributed by atoms with Crippen molar-refractivity contribution in [1.82, 2.24) is 5.32 Å². The van der Waals surface area contributed by atoms with Gasteiger partial charge in [0.05, 0.1) is 4.92 Å². The fraction of sp³-hybridized carbons (Fsp3) is 0.533. The van der Waals surface area contributed by atoms with Crippen LogP contribution in [0, 0.1) is 15.5 Å². The summed E-state index contributed by atoms with van der Waals surface area (Å²) < 4.78 is 0. The van der Waals surface area contributed by atoms with Crippen LogP contribution in [0.3, 0.4) is 0 Å². The minimum atomic E-state index is -0.448. The van der Waals surface area contributed by atoms with Crippen LogP contribution in [-0.2, 0) is 0 Å². The van der Waals surface area contributed by atoms with Gasteiger partial charge in [0.1, 0.15) is 5.69 Å². The van der Waals surface area contributed by atoms with Crippen LogP contribution in [0.2, 0.25) is 0 Å². The molecule has 1 aromatic rings. The van der Waals surface area contributed by atoms with Gasteiger partial charge in [0, 0.05) is 24.7 Å². The minimum absolute atomic E-state index is 0.0503. The first-order valence-corrected chi connectivity index (χ1v) is 7.32. The zero-order chi connectivity index (χ0) is 15.5. The van der Waals surface area contributed by atoms with E-state index in [1.807, 2.05) is 6.92 Å². The Morgan fingerprint density at radius 3 is 2.62 bits per heavy atom. The van der Waals surface area contributed by atoms with E-state index in [0.717, 1.165) is 13.0 Å². The lowest BCUT2D eigenvalue weighted by atomic mass is 10.0. The summed E-state index contributed by atoms with van der Waals surface area (Å²) in [5.74, 6) is -0.292. The van der Waals surface area contributed by atoms with E-state index in [1.54, 1.807) is 12.1 Å².